The van der Waals surface area contributed by atoms with Crippen molar-refractivity contribution in [3.8, 4) is 23.6 Å². The van der Waals surface area contributed by atoms with Crippen LogP contribution in [0.4, 0.5) is 5.82 Å². The lowest BCUT2D eigenvalue weighted by Crippen LogP contribution is -2.43. The maximum atomic E-state index is 12.2. The molecule has 0 radical (unpaired) electrons. The second-order valence-corrected chi connectivity index (χ2v) is 17.0. The van der Waals surface area contributed by atoms with Crippen molar-refractivity contribution in [2.24, 2.45) is 0 Å². The number of carbonyl (C=O) groups excluding carboxylic acids is 1. The number of anilines is 1. The molecule has 1 fully saturated rings. The van der Waals surface area contributed by atoms with Crippen molar-refractivity contribution in [3.63, 3.8) is 0 Å². The average Bonchev–Trinajstić information content (AvgIpc) is 3.90. The number of nitrogens with zero attached hydrogens (tertiary/aromatic N) is 7. The molecule has 19 heteroatoms. The van der Waals surface area contributed by atoms with Crippen LogP contribution in [0.2, 0.25) is 0 Å². The molecular formula is C47H57N8O10P. The van der Waals surface area contributed by atoms with Gasteiger partial charge in [0.15, 0.2) is 23.2 Å². The van der Waals surface area contributed by atoms with Gasteiger partial charge in [0, 0.05) is 19.0 Å². The van der Waals surface area contributed by atoms with Gasteiger partial charge in [-0.15, -0.1) is 0 Å². The molecule has 66 heavy (non-hydrogen) atoms. The Morgan fingerprint density at radius 1 is 0.833 bits per heavy atom. The molecule has 1 aliphatic rings. The van der Waals surface area contributed by atoms with E-state index >= 15 is 0 Å². The molecule has 1 unspecified atom stereocenters. The van der Waals surface area contributed by atoms with E-state index in [4.69, 9.17) is 47.5 Å². The van der Waals surface area contributed by atoms with Crippen LogP contribution in [0.1, 0.15) is 70.4 Å². The number of carbonyl (C=O) groups is 1. The van der Waals surface area contributed by atoms with Crippen LogP contribution in [0, 0.1) is 22.7 Å². The molecular weight excluding hydrogens is 868 g/mol. The highest BCUT2D eigenvalue weighted by molar-refractivity contribution is 7.44. The van der Waals surface area contributed by atoms with Crippen LogP contribution in [-0.4, -0.2) is 108 Å². The molecule has 0 bridgehead atoms. The molecule has 1 aliphatic heterocycles. The van der Waals surface area contributed by atoms with Crippen molar-refractivity contribution in [1.29, 1.82) is 10.5 Å². The summed E-state index contributed by atoms with van der Waals surface area (Å²) in [6.45, 7) is 9.42. The van der Waals surface area contributed by atoms with Gasteiger partial charge in [0.05, 0.1) is 65.3 Å². The van der Waals surface area contributed by atoms with Crippen molar-refractivity contribution in [2.75, 3.05) is 52.9 Å². The predicted octanol–water partition coefficient (Wildman–Crippen LogP) is 7.62. The van der Waals surface area contributed by atoms with Gasteiger partial charge < -0.3 is 47.5 Å². The molecule has 6 rings (SSSR count). The first-order valence-corrected chi connectivity index (χ1v) is 22.7. The SMILES string of the molecule is COc1ccc(C(OC[C@H]2O[C@@H](n3cnc4c(NC(C)=O)ncnc43)[C@@H](OCOCOCCC#N)[C@H]2OP(OCCC#N)N(C(C)C)C(C)C)(c2ccccc2)c2ccc(OC)cc2)cc1. The summed E-state index contributed by atoms with van der Waals surface area (Å²) in [5.74, 6) is 1.23. The lowest BCUT2D eigenvalue weighted by Gasteiger charge is -2.39. The Labute approximate surface area is 386 Å². The number of benzene rings is 3. The molecule has 18 nitrogen and oxygen atoms in total. The van der Waals surface area contributed by atoms with Crippen molar-refractivity contribution in [1.82, 2.24) is 24.2 Å². The number of rotatable bonds is 25. The third kappa shape index (κ3) is 11.8. The van der Waals surface area contributed by atoms with E-state index in [0.29, 0.717) is 22.7 Å². The maximum Gasteiger partial charge on any atom is 0.259 e. The number of nitriles is 2. The van der Waals surface area contributed by atoms with Gasteiger partial charge >= 0.3 is 0 Å². The molecule has 3 heterocycles. The lowest BCUT2D eigenvalue weighted by atomic mass is 9.80. The van der Waals surface area contributed by atoms with Gasteiger partial charge in [0.25, 0.3) is 8.53 Å². The maximum absolute atomic E-state index is 12.2. The Bertz CT molecular complexity index is 2320. The van der Waals surface area contributed by atoms with Gasteiger partial charge in [-0.1, -0.05) is 54.6 Å². The van der Waals surface area contributed by atoms with Crippen LogP contribution in [0.5, 0.6) is 11.5 Å². The minimum Gasteiger partial charge on any atom is -0.497 e. The second kappa shape index (κ2) is 24.2. The van der Waals surface area contributed by atoms with Crippen LogP contribution < -0.4 is 14.8 Å². The van der Waals surface area contributed by atoms with Crippen LogP contribution in [0.15, 0.2) is 91.5 Å². The summed E-state index contributed by atoms with van der Waals surface area (Å²) in [5, 5.41) is 21.3. The summed E-state index contributed by atoms with van der Waals surface area (Å²) in [6, 6.07) is 29.5. The molecule has 5 atom stereocenters. The van der Waals surface area contributed by atoms with Gasteiger partial charge in [-0.05, 0) is 68.7 Å². The zero-order valence-electron chi connectivity index (χ0n) is 38.2. The van der Waals surface area contributed by atoms with E-state index in [2.05, 4.69) is 58.7 Å². The monoisotopic (exact) mass is 924 g/mol. The fourth-order valence-electron chi connectivity index (χ4n) is 7.74. The predicted molar refractivity (Wildman–Crippen MR) is 244 cm³/mol. The topological polar surface area (TPSA) is 207 Å². The molecule has 0 aliphatic carbocycles. The number of aromatic nitrogens is 4. The first kappa shape index (κ1) is 49.8. The van der Waals surface area contributed by atoms with Crippen molar-refractivity contribution >= 4 is 31.4 Å². The first-order chi connectivity index (χ1) is 32.1. The molecule has 1 saturated heterocycles. The number of hydrogen-bond acceptors (Lipinski definition) is 16. The van der Waals surface area contributed by atoms with E-state index in [0.717, 1.165) is 16.7 Å². The third-order valence-electron chi connectivity index (χ3n) is 10.6. The highest BCUT2D eigenvalue weighted by Crippen LogP contribution is 2.51. The van der Waals surface area contributed by atoms with E-state index in [-0.39, 0.29) is 70.1 Å². The summed E-state index contributed by atoms with van der Waals surface area (Å²) < 4.78 is 61.0. The van der Waals surface area contributed by atoms with Gasteiger partial charge in [-0.25, -0.2) is 19.6 Å². The van der Waals surface area contributed by atoms with Crippen LogP contribution >= 0.6 is 8.53 Å². The highest BCUT2D eigenvalue weighted by atomic mass is 31.2. The quantitative estimate of drug-likeness (QED) is 0.0259. The van der Waals surface area contributed by atoms with Crippen LogP contribution in [0.3, 0.4) is 0 Å². The molecule has 0 saturated carbocycles. The van der Waals surface area contributed by atoms with E-state index < -0.39 is 38.7 Å². The van der Waals surface area contributed by atoms with Gasteiger partial charge in [-0.2, -0.15) is 10.5 Å². The molecule has 5 aromatic rings. The molecule has 1 N–H and O–H groups in total. The Morgan fingerprint density at radius 2 is 1.45 bits per heavy atom. The standard InChI is InChI=1S/C47H57N8O10P/c1-32(2)55(33(3)4)66(63-26-12-24-49)65-42-40(27-62-47(35-13-9-8-10-14-35,36-15-19-38(57-6)20-16-36)37-17-21-39(58-7)22-18-37)64-46(43(42)61-31-60-30-59-25-11-23-48)54-29-52-41-44(53-34(5)56)50-28-51-45(41)54/h8-10,13-22,28-29,32-33,40,42-43,46H,11-12,25-27,30-31H2,1-7H3,(H,50,51,53,56)/t40-,42+,43+,46-,66?/m1/s1. The summed E-state index contributed by atoms with van der Waals surface area (Å²) in [5.41, 5.74) is 1.89. The lowest BCUT2D eigenvalue weighted by molar-refractivity contribution is -0.173. The summed E-state index contributed by atoms with van der Waals surface area (Å²) >= 11 is 0. The Morgan fingerprint density at radius 3 is 2.05 bits per heavy atom. The Kier molecular flexibility index (Phi) is 18.3. The zero-order valence-corrected chi connectivity index (χ0v) is 39.1. The molecule has 2 aromatic heterocycles. The number of ether oxygens (including phenoxy) is 7. The Hall–Kier alpha value is -5.63. The Balaban J connectivity index is 1.50. The fourth-order valence-corrected chi connectivity index (χ4v) is 9.51. The average molecular weight is 925 g/mol. The van der Waals surface area contributed by atoms with Gasteiger partial charge in [0.2, 0.25) is 5.91 Å². The van der Waals surface area contributed by atoms with Crippen molar-refractivity contribution in [3.05, 3.63) is 108 Å². The van der Waals surface area contributed by atoms with E-state index in [1.54, 1.807) is 25.1 Å². The number of methoxy groups -OCH3 is 2. The zero-order chi connectivity index (χ0) is 47.1. The molecule has 3 aromatic carbocycles. The van der Waals surface area contributed by atoms with E-state index in [1.807, 2.05) is 84.9 Å². The minimum atomic E-state index is -1.87. The summed E-state index contributed by atoms with van der Waals surface area (Å²) in [6.07, 6.45) is -0.529. The minimum absolute atomic E-state index is 0.0309. The summed E-state index contributed by atoms with van der Waals surface area (Å²) in [4.78, 5) is 25.6. The first-order valence-electron chi connectivity index (χ1n) is 21.5. The van der Waals surface area contributed by atoms with Gasteiger partial charge in [0.1, 0.15) is 55.3 Å². The van der Waals surface area contributed by atoms with Crippen LogP contribution in [-0.2, 0) is 43.1 Å². The van der Waals surface area contributed by atoms with E-state index in [1.165, 1.54) is 13.3 Å². The number of imidazole rings is 1. The van der Waals surface area contributed by atoms with Gasteiger partial charge in [-0.3, -0.25) is 9.36 Å². The largest absolute Gasteiger partial charge is 0.497 e. The van der Waals surface area contributed by atoms with Crippen LogP contribution in [0.25, 0.3) is 11.2 Å². The molecule has 1 amide bonds. The smallest absolute Gasteiger partial charge is 0.259 e. The summed E-state index contributed by atoms with van der Waals surface area (Å²) in [7, 11) is 1.37. The normalized spacial score (nSPS) is 17.8. The fraction of sp³-hybridized carbons (Fsp3) is 0.447. The number of amides is 1. The number of nitrogens with one attached hydrogen (secondary N) is 1. The second-order valence-electron chi connectivity index (χ2n) is 15.6. The number of fused-ring (bicyclic) bond motifs is 1. The van der Waals surface area contributed by atoms with Crippen molar-refractivity contribution < 1.29 is 47.0 Å². The van der Waals surface area contributed by atoms with E-state index in [9.17, 15) is 10.1 Å². The number of hydrogen-bond donors (Lipinski definition) is 1. The molecule has 350 valence electrons. The third-order valence-corrected chi connectivity index (χ3v) is 12.7. The molecule has 0 spiro atoms. The highest BCUT2D eigenvalue weighted by Gasteiger charge is 2.52. The van der Waals surface area contributed by atoms with Crippen molar-refractivity contribution in [2.45, 2.75) is 89.7 Å².